The standard InChI is InChI=1S/C19H18F3NO3/c1-26-16(24)10-12-23(11-9-13-5-3-2-4-6-13)19(25)14-7-8-15(20)18(22)17(14)21/h2-8H,9-12H2,1H3. The highest BCUT2D eigenvalue weighted by molar-refractivity contribution is 5.94. The van der Waals surface area contributed by atoms with Gasteiger partial charge < -0.3 is 9.64 Å². The van der Waals surface area contributed by atoms with Crippen LogP contribution in [0.25, 0.3) is 0 Å². The van der Waals surface area contributed by atoms with Crippen molar-refractivity contribution in [1.29, 1.82) is 0 Å². The van der Waals surface area contributed by atoms with Gasteiger partial charge in [0.2, 0.25) is 0 Å². The number of hydrogen-bond donors (Lipinski definition) is 0. The minimum absolute atomic E-state index is 0.0310. The number of ether oxygens (including phenoxy) is 1. The number of carbonyl (C=O) groups excluding carboxylic acids is 2. The fraction of sp³-hybridized carbons (Fsp3) is 0.263. The molecule has 2 aromatic rings. The summed E-state index contributed by atoms with van der Waals surface area (Å²) >= 11 is 0. The van der Waals surface area contributed by atoms with Gasteiger partial charge in [-0.2, -0.15) is 0 Å². The molecule has 0 spiro atoms. The number of halogens is 3. The van der Waals surface area contributed by atoms with Crippen molar-refractivity contribution in [2.75, 3.05) is 20.2 Å². The minimum atomic E-state index is -1.70. The smallest absolute Gasteiger partial charge is 0.307 e. The lowest BCUT2D eigenvalue weighted by molar-refractivity contribution is -0.140. The highest BCUT2D eigenvalue weighted by atomic mass is 19.2. The Balaban J connectivity index is 2.19. The lowest BCUT2D eigenvalue weighted by Crippen LogP contribution is -2.35. The molecule has 138 valence electrons. The number of methoxy groups -OCH3 is 1. The van der Waals surface area contributed by atoms with Gasteiger partial charge >= 0.3 is 5.97 Å². The molecule has 0 saturated carbocycles. The maximum atomic E-state index is 13.9. The highest BCUT2D eigenvalue weighted by Gasteiger charge is 2.23. The van der Waals surface area contributed by atoms with Crippen LogP contribution in [0.3, 0.4) is 0 Å². The molecule has 0 aliphatic rings. The van der Waals surface area contributed by atoms with Crippen LogP contribution in [0.5, 0.6) is 0 Å². The van der Waals surface area contributed by atoms with Crippen molar-refractivity contribution in [2.45, 2.75) is 12.8 Å². The van der Waals surface area contributed by atoms with E-state index in [1.807, 2.05) is 30.3 Å². The number of esters is 1. The Hall–Kier alpha value is -2.83. The second-order valence-corrected chi connectivity index (χ2v) is 5.58. The molecule has 0 aliphatic carbocycles. The predicted octanol–water partition coefficient (Wildman–Crippen LogP) is 3.35. The molecule has 0 aliphatic heterocycles. The number of nitrogens with zero attached hydrogens (tertiary/aromatic N) is 1. The maximum Gasteiger partial charge on any atom is 0.307 e. The van der Waals surface area contributed by atoms with E-state index < -0.39 is 34.9 Å². The molecule has 0 atom stereocenters. The summed E-state index contributed by atoms with van der Waals surface area (Å²) in [7, 11) is 1.22. The van der Waals surface area contributed by atoms with Crippen LogP contribution in [0, 0.1) is 17.5 Å². The number of carbonyl (C=O) groups is 2. The van der Waals surface area contributed by atoms with E-state index in [9.17, 15) is 22.8 Å². The largest absolute Gasteiger partial charge is 0.469 e. The summed E-state index contributed by atoms with van der Waals surface area (Å²) in [5, 5.41) is 0. The number of amides is 1. The van der Waals surface area contributed by atoms with Crippen molar-refractivity contribution in [1.82, 2.24) is 4.90 Å². The van der Waals surface area contributed by atoms with Crippen LogP contribution in [-0.2, 0) is 16.0 Å². The highest BCUT2D eigenvalue weighted by Crippen LogP contribution is 2.17. The number of benzene rings is 2. The van der Waals surface area contributed by atoms with Gasteiger partial charge in [-0.15, -0.1) is 0 Å². The molecule has 7 heteroatoms. The Kier molecular flexibility index (Phi) is 6.77. The second-order valence-electron chi connectivity index (χ2n) is 5.58. The zero-order valence-electron chi connectivity index (χ0n) is 14.2. The summed E-state index contributed by atoms with van der Waals surface area (Å²) in [5.41, 5.74) is 0.357. The fourth-order valence-electron chi connectivity index (χ4n) is 2.41. The molecule has 0 fully saturated rings. The lowest BCUT2D eigenvalue weighted by Gasteiger charge is -2.23. The van der Waals surface area contributed by atoms with E-state index in [0.29, 0.717) is 12.5 Å². The van der Waals surface area contributed by atoms with Crippen LogP contribution in [0.15, 0.2) is 42.5 Å². The zero-order chi connectivity index (χ0) is 19.1. The molecule has 0 saturated heterocycles. The van der Waals surface area contributed by atoms with Gasteiger partial charge in [0, 0.05) is 13.1 Å². The SMILES string of the molecule is COC(=O)CCN(CCc1ccccc1)C(=O)c1ccc(F)c(F)c1F. The Morgan fingerprint density at radius 1 is 0.962 bits per heavy atom. The maximum absolute atomic E-state index is 13.9. The van der Waals surface area contributed by atoms with Gasteiger partial charge in [0.05, 0.1) is 19.1 Å². The fourth-order valence-corrected chi connectivity index (χ4v) is 2.41. The molecular formula is C19H18F3NO3. The molecule has 0 heterocycles. The second kappa shape index (κ2) is 9.03. The van der Waals surface area contributed by atoms with Gasteiger partial charge in [-0.25, -0.2) is 13.2 Å². The van der Waals surface area contributed by atoms with E-state index in [2.05, 4.69) is 4.74 Å². The molecule has 0 bridgehead atoms. The van der Waals surface area contributed by atoms with Crippen molar-refractivity contribution < 1.29 is 27.5 Å². The van der Waals surface area contributed by atoms with E-state index in [1.165, 1.54) is 12.0 Å². The van der Waals surface area contributed by atoms with Crippen molar-refractivity contribution >= 4 is 11.9 Å². The van der Waals surface area contributed by atoms with Crippen molar-refractivity contribution in [2.24, 2.45) is 0 Å². The average Bonchev–Trinajstić information content (AvgIpc) is 2.66. The van der Waals surface area contributed by atoms with Crippen LogP contribution in [0.1, 0.15) is 22.3 Å². The van der Waals surface area contributed by atoms with E-state index >= 15 is 0 Å². The van der Waals surface area contributed by atoms with Gasteiger partial charge in [0.1, 0.15) is 0 Å². The molecule has 2 rings (SSSR count). The quantitative estimate of drug-likeness (QED) is 0.558. The predicted molar refractivity (Wildman–Crippen MR) is 89.0 cm³/mol. The Morgan fingerprint density at radius 3 is 2.31 bits per heavy atom. The summed E-state index contributed by atoms with van der Waals surface area (Å²) in [6.45, 7) is 0.148. The third-order valence-electron chi connectivity index (χ3n) is 3.88. The van der Waals surface area contributed by atoms with Gasteiger partial charge in [-0.3, -0.25) is 9.59 Å². The normalized spacial score (nSPS) is 10.5. The van der Waals surface area contributed by atoms with E-state index in [0.717, 1.165) is 11.6 Å². The summed E-state index contributed by atoms with van der Waals surface area (Å²) in [6.07, 6.45) is 0.362. The first-order chi connectivity index (χ1) is 12.4. The molecule has 26 heavy (non-hydrogen) atoms. The topological polar surface area (TPSA) is 46.6 Å². The Morgan fingerprint density at radius 2 is 1.65 bits per heavy atom. The molecule has 0 aromatic heterocycles. The molecule has 4 nitrogen and oxygen atoms in total. The van der Waals surface area contributed by atoms with Gasteiger partial charge in [-0.05, 0) is 24.1 Å². The van der Waals surface area contributed by atoms with Crippen molar-refractivity contribution in [3.63, 3.8) is 0 Å². The first-order valence-electron chi connectivity index (χ1n) is 7.97. The summed E-state index contributed by atoms with van der Waals surface area (Å²) < 4.78 is 45.0. The third kappa shape index (κ3) is 4.84. The monoisotopic (exact) mass is 365 g/mol. The van der Waals surface area contributed by atoms with Gasteiger partial charge in [0.15, 0.2) is 17.5 Å². The van der Waals surface area contributed by atoms with Crippen LogP contribution >= 0.6 is 0 Å². The van der Waals surface area contributed by atoms with Crippen LogP contribution < -0.4 is 0 Å². The first kappa shape index (κ1) is 19.5. The van der Waals surface area contributed by atoms with Crippen LogP contribution in [-0.4, -0.2) is 37.0 Å². The van der Waals surface area contributed by atoms with Crippen molar-refractivity contribution in [3.05, 3.63) is 71.0 Å². The molecule has 0 N–H and O–H groups in total. The van der Waals surface area contributed by atoms with Gasteiger partial charge in [-0.1, -0.05) is 30.3 Å². The molecular weight excluding hydrogens is 347 g/mol. The molecule has 0 unspecified atom stereocenters. The van der Waals surface area contributed by atoms with Crippen molar-refractivity contribution in [3.8, 4) is 0 Å². The van der Waals surface area contributed by atoms with E-state index in [4.69, 9.17) is 0 Å². The summed E-state index contributed by atoms with van der Waals surface area (Å²) in [5.74, 6) is -5.97. The first-order valence-corrected chi connectivity index (χ1v) is 7.97. The lowest BCUT2D eigenvalue weighted by atomic mass is 10.1. The van der Waals surface area contributed by atoms with Gasteiger partial charge in [0.25, 0.3) is 5.91 Å². The van der Waals surface area contributed by atoms with Crippen LogP contribution in [0.4, 0.5) is 13.2 Å². The van der Waals surface area contributed by atoms with Crippen LogP contribution in [0.2, 0.25) is 0 Å². The molecule has 1 amide bonds. The van der Waals surface area contributed by atoms with E-state index in [-0.39, 0.29) is 19.5 Å². The number of hydrogen-bond acceptors (Lipinski definition) is 3. The Bertz CT molecular complexity index is 781. The third-order valence-corrected chi connectivity index (χ3v) is 3.88. The molecule has 2 aromatic carbocycles. The zero-order valence-corrected chi connectivity index (χ0v) is 14.2. The molecule has 0 radical (unpaired) electrons. The summed E-state index contributed by atoms with van der Waals surface area (Å²) in [6, 6.07) is 10.8. The Labute approximate surface area is 149 Å². The summed E-state index contributed by atoms with van der Waals surface area (Å²) in [4.78, 5) is 25.2. The minimum Gasteiger partial charge on any atom is -0.469 e. The van der Waals surface area contributed by atoms with E-state index in [1.54, 1.807) is 0 Å². The average molecular weight is 365 g/mol. The number of rotatable bonds is 7.